The minimum Gasteiger partial charge on any atom is -0.478 e. The van der Waals surface area contributed by atoms with Gasteiger partial charge in [0, 0.05) is 26.8 Å². The number of aromatic nitrogens is 1. The molecule has 0 aromatic carbocycles. The first kappa shape index (κ1) is 13.6. The van der Waals surface area contributed by atoms with Crippen molar-refractivity contribution in [2.45, 2.75) is 12.8 Å². The average Bonchev–Trinajstić information content (AvgIpc) is 2.40. The first-order valence-electron chi connectivity index (χ1n) is 6.34. The van der Waals surface area contributed by atoms with Crippen molar-refractivity contribution in [1.82, 2.24) is 4.98 Å². The van der Waals surface area contributed by atoms with Crippen LogP contribution in [0.3, 0.4) is 0 Å². The zero-order valence-electron chi connectivity index (χ0n) is 11.0. The molecule has 0 spiro atoms. The van der Waals surface area contributed by atoms with Crippen molar-refractivity contribution in [2.24, 2.45) is 5.92 Å². The molecular formula is C13H19N3O3. The number of ether oxygens (including phenoxy) is 1. The average molecular weight is 265 g/mol. The van der Waals surface area contributed by atoms with Gasteiger partial charge in [0.25, 0.3) is 0 Å². The van der Waals surface area contributed by atoms with Gasteiger partial charge in [-0.3, -0.25) is 0 Å². The van der Waals surface area contributed by atoms with Gasteiger partial charge in [-0.15, -0.1) is 0 Å². The Bertz CT molecular complexity index is 456. The molecular weight excluding hydrogens is 246 g/mol. The molecule has 0 saturated carbocycles. The fourth-order valence-corrected chi connectivity index (χ4v) is 2.43. The summed E-state index contributed by atoms with van der Waals surface area (Å²) < 4.78 is 5.16. The number of nitrogens with two attached hydrogens (primary N) is 1. The number of piperidine rings is 1. The van der Waals surface area contributed by atoms with E-state index in [0.29, 0.717) is 17.4 Å². The number of aromatic carboxylic acids is 1. The predicted octanol–water partition coefficient (Wildman–Crippen LogP) is 1.22. The third-order valence-electron chi connectivity index (χ3n) is 3.43. The molecule has 1 aliphatic heterocycles. The van der Waals surface area contributed by atoms with E-state index in [2.05, 4.69) is 4.98 Å². The Balaban J connectivity index is 2.13. The molecule has 3 N–H and O–H groups in total. The maximum Gasteiger partial charge on any atom is 0.339 e. The monoisotopic (exact) mass is 265 g/mol. The zero-order valence-corrected chi connectivity index (χ0v) is 11.0. The molecule has 0 bridgehead atoms. The molecule has 104 valence electrons. The fourth-order valence-electron chi connectivity index (χ4n) is 2.43. The van der Waals surface area contributed by atoms with Gasteiger partial charge in [0.15, 0.2) is 0 Å². The van der Waals surface area contributed by atoms with E-state index in [1.54, 1.807) is 7.11 Å². The van der Waals surface area contributed by atoms with Gasteiger partial charge in [0.05, 0.1) is 11.9 Å². The highest BCUT2D eigenvalue weighted by Crippen LogP contribution is 2.25. The highest BCUT2D eigenvalue weighted by atomic mass is 16.5. The van der Waals surface area contributed by atoms with Crippen LogP contribution in [0.4, 0.5) is 11.5 Å². The molecule has 6 nitrogen and oxygen atoms in total. The summed E-state index contributed by atoms with van der Waals surface area (Å²) in [5.41, 5.74) is 6.14. The molecule has 19 heavy (non-hydrogen) atoms. The summed E-state index contributed by atoms with van der Waals surface area (Å²) in [5.74, 6) is 0.0645. The van der Waals surface area contributed by atoms with Crippen LogP contribution in [0.2, 0.25) is 0 Å². The van der Waals surface area contributed by atoms with Crippen molar-refractivity contribution in [1.29, 1.82) is 0 Å². The number of hydrogen-bond donors (Lipinski definition) is 2. The standard InChI is InChI=1S/C13H19N3O3/c1-19-8-9-2-4-16(5-3-9)12-11(13(17)18)6-10(14)7-15-12/h6-7,9H,2-5,8,14H2,1H3,(H,17,18). The number of carboxylic acids is 1. The lowest BCUT2D eigenvalue weighted by molar-refractivity contribution is 0.0697. The molecule has 0 amide bonds. The number of pyridine rings is 1. The van der Waals surface area contributed by atoms with Crippen LogP contribution in [0.25, 0.3) is 0 Å². The van der Waals surface area contributed by atoms with Crippen LogP contribution in [-0.2, 0) is 4.74 Å². The largest absolute Gasteiger partial charge is 0.478 e. The van der Waals surface area contributed by atoms with E-state index in [0.717, 1.165) is 32.5 Å². The van der Waals surface area contributed by atoms with Crippen LogP contribution >= 0.6 is 0 Å². The summed E-state index contributed by atoms with van der Waals surface area (Å²) in [4.78, 5) is 17.4. The van der Waals surface area contributed by atoms with E-state index in [4.69, 9.17) is 10.5 Å². The minimum absolute atomic E-state index is 0.171. The van der Waals surface area contributed by atoms with Crippen LogP contribution in [0, 0.1) is 5.92 Å². The highest BCUT2D eigenvalue weighted by molar-refractivity contribution is 5.94. The van der Waals surface area contributed by atoms with Crippen molar-refractivity contribution >= 4 is 17.5 Å². The molecule has 6 heteroatoms. The Kier molecular flexibility index (Phi) is 4.21. The summed E-state index contributed by atoms with van der Waals surface area (Å²) in [6.45, 7) is 2.35. The second kappa shape index (κ2) is 5.88. The molecule has 0 aliphatic carbocycles. The number of methoxy groups -OCH3 is 1. The van der Waals surface area contributed by atoms with E-state index in [9.17, 15) is 9.90 Å². The van der Waals surface area contributed by atoms with Crippen molar-refractivity contribution in [3.8, 4) is 0 Å². The lowest BCUT2D eigenvalue weighted by atomic mass is 9.97. The van der Waals surface area contributed by atoms with Crippen LogP contribution in [0.15, 0.2) is 12.3 Å². The molecule has 2 heterocycles. The maximum absolute atomic E-state index is 11.2. The second-order valence-corrected chi connectivity index (χ2v) is 4.83. The van der Waals surface area contributed by atoms with Gasteiger partial charge in [-0.1, -0.05) is 0 Å². The van der Waals surface area contributed by atoms with Crippen molar-refractivity contribution < 1.29 is 14.6 Å². The predicted molar refractivity (Wildman–Crippen MR) is 72.4 cm³/mol. The summed E-state index contributed by atoms with van der Waals surface area (Å²) in [6.07, 6.45) is 3.47. The first-order valence-corrected chi connectivity index (χ1v) is 6.34. The Morgan fingerprint density at radius 1 is 1.58 bits per heavy atom. The topological polar surface area (TPSA) is 88.7 Å². The van der Waals surface area contributed by atoms with Crippen molar-refractivity contribution in [3.63, 3.8) is 0 Å². The number of rotatable bonds is 4. The van der Waals surface area contributed by atoms with E-state index in [1.165, 1.54) is 12.3 Å². The minimum atomic E-state index is -0.992. The summed E-state index contributed by atoms with van der Waals surface area (Å²) >= 11 is 0. The molecule has 1 saturated heterocycles. The quantitative estimate of drug-likeness (QED) is 0.851. The van der Waals surface area contributed by atoms with E-state index >= 15 is 0 Å². The van der Waals surface area contributed by atoms with Crippen molar-refractivity contribution in [3.05, 3.63) is 17.8 Å². The molecule has 1 fully saturated rings. The van der Waals surface area contributed by atoms with E-state index in [-0.39, 0.29) is 5.56 Å². The molecule has 1 aromatic rings. The third kappa shape index (κ3) is 3.14. The smallest absolute Gasteiger partial charge is 0.339 e. The number of nitrogen functional groups attached to an aromatic ring is 1. The normalized spacial score (nSPS) is 16.6. The number of nitrogens with zero attached hydrogens (tertiary/aromatic N) is 2. The van der Waals surface area contributed by atoms with Crippen LogP contribution in [-0.4, -0.2) is 42.9 Å². The molecule has 0 radical (unpaired) electrons. The lowest BCUT2D eigenvalue weighted by Gasteiger charge is -2.33. The summed E-state index contributed by atoms with van der Waals surface area (Å²) in [5, 5.41) is 9.21. The summed E-state index contributed by atoms with van der Waals surface area (Å²) in [7, 11) is 1.70. The zero-order chi connectivity index (χ0) is 13.8. The van der Waals surface area contributed by atoms with Crippen molar-refractivity contribution in [2.75, 3.05) is 37.4 Å². The summed E-state index contributed by atoms with van der Waals surface area (Å²) in [6, 6.07) is 1.46. The van der Waals surface area contributed by atoms with Gasteiger partial charge in [-0.2, -0.15) is 0 Å². The fraction of sp³-hybridized carbons (Fsp3) is 0.538. The second-order valence-electron chi connectivity index (χ2n) is 4.83. The number of hydrogen-bond acceptors (Lipinski definition) is 5. The number of carboxylic acid groups (broad SMARTS) is 1. The number of anilines is 2. The van der Waals surface area contributed by atoms with Gasteiger partial charge in [-0.05, 0) is 24.8 Å². The Morgan fingerprint density at radius 2 is 2.26 bits per heavy atom. The Hall–Kier alpha value is -1.82. The van der Waals surface area contributed by atoms with Crippen LogP contribution in [0.1, 0.15) is 23.2 Å². The van der Waals surface area contributed by atoms with Gasteiger partial charge >= 0.3 is 5.97 Å². The molecule has 1 aromatic heterocycles. The highest BCUT2D eigenvalue weighted by Gasteiger charge is 2.23. The lowest BCUT2D eigenvalue weighted by Crippen LogP contribution is -2.36. The van der Waals surface area contributed by atoms with Gasteiger partial charge in [0.2, 0.25) is 0 Å². The van der Waals surface area contributed by atoms with Crippen LogP contribution < -0.4 is 10.6 Å². The van der Waals surface area contributed by atoms with Gasteiger partial charge < -0.3 is 20.5 Å². The van der Waals surface area contributed by atoms with E-state index < -0.39 is 5.97 Å². The Morgan fingerprint density at radius 3 is 2.84 bits per heavy atom. The van der Waals surface area contributed by atoms with Gasteiger partial charge in [0.1, 0.15) is 11.4 Å². The molecule has 0 unspecified atom stereocenters. The maximum atomic E-state index is 11.2. The SMILES string of the molecule is COCC1CCN(c2ncc(N)cc2C(=O)O)CC1. The van der Waals surface area contributed by atoms with Gasteiger partial charge in [-0.25, -0.2) is 9.78 Å². The Labute approximate surface area is 112 Å². The third-order valence-corrected chi connectivity index (χ3v) is 3.43. The van der Waals surface area contributed by atoms with Crippen LogP contribution in [0.5, 0.6) is 0 Å². The molecule has 0 atom stereocenters. The first-order chi connectivity index (χ1) is 9.11. The molecule has 2 rings (SSSR count). The molecule has 1 aliphatic rings. The number of carbonyl (C=O) groups is 1. The van der Waals surface area contributed by atoms with E-state index in [1.807, 2.05) is 4.90 Å².